The minimum absolute atomic E-state index is 0.0808. The summed E-state index contributed by atoms with van der Waals surface area (Å²) in [5, 5.41) is 5.62. The van der Waals surface area contributed by atoms with Crippen LogP contribution in [0.4, 0.5) is 5.69 Å². The largest absolute Gasteiger partial charge is 0.491 e. The van der Waals surface area contributed by atoms with Crippen LogP contribution < -0.4 is 15.4 Å². The van der Waals surface area contributed by atoms with Crippen molar-refractivity contribution in [2.75, 3.05) is 5.32 Å². The van der Waals surface area contributed by atoms with Gasteiger partial charge < -0.3 is 15.4 Å². The molecule has 0 fully saturated rings. The first-order valence-corrected chi connectivity index (χ1v) is 9.36. The Morgan fingerprint density at radius 1 is 0.931 bits per heavy atom. The lowest BCUT2D eigenvalue weighted by molar-refractivity contribution is 0.0950. The molecular weight excluding hydrogens is 366 g/mol. The van der Waals surface area contributed by atoms with Crippen LogP contribution in [0, 0.1) is 0 Å². The predicted octanol–water partition coefficient (Wildman–Crippen LogP) is 4.05. The van der Waals surface area contributed by atoms with E-state index in [0.717, 1.165) is 11.3 Å². The second-order valence-electron chi connectivity index (χ2n) is 6.78. The molecule has 0 aliphatic carbocycles. The summed E-state index contributed by atoms with van der Waals surface area (Å²) < 4.78 is 5.59. The Bertz CT molecular complexity index is 970. The quantitative estimate of drug-likeness (QED) is 0.639. The number of carbonyl (C=O) groups excluding carboxylic acids is 2. The Hall–Kier alpha value is -3.67. The number of ether oxygens (including phenoxy) is 1. The van der Waals surface area contributed by atoms with Gasteiger partial charge in [-0.25, -0.2) is 0 Å². The number of nitrogens with one attached hydrogen (secondary N) is 2. The summed E-state index contributed by atoms with van der Waals surface area (Å²) in [6, 6.07) is 18.2. The standard InChI is InChI=1S/C23H23N3O3/c1-16(2)29-21-10-8-20(9-11-21)26-23(28)19-12-18(14-24-15-19)22(27)25-13-17-6-4-3-5-7-17/h3-12,14-16H,13H2,1-2H3,(H,25,27)(H,26,28). The summed E-state index contributed by atoms with van der Waals surface area (Å²) in [7, 11) is 0. The number of benzene rings is 2. The van der Waals surface area contributed by atoms with Crippen LogP contribution in [-0.2, 0) is 6.54 Å². The lowest BCUT2D eigenvalue weighted by Gasteiger charge is -2.11. The third kappa shape index (κ3) is 5.90. The fraction of sp³-hybridized carbons (Fsp3) is 0.174. The van der Waals surface area contributed by atoms with E-state index in [1.54, 1.807) is 24.3 Å². The van der Waals surface area contributed by atoms with E-state index in [4.69, 9.17) is 4.74 Å². The molecule has 0 aliphatic rings. The van der Waals surface area contributed by atoms with Crippen molar-refractivity contribution in [1.82, 2.24) is 10.3 Å². The topological polar surface area (TPSA) is 80.3 Å². The zero-order valence-corrected chi connectivity index (χ0v) is 16.4. The fourth-order valence-electron chi connectivity index (χ4n) is 2.66. The number of rotatable bonds is 7. The van der Waals surface area contributed by atoms with Gasteiger partial charge in [0.1, 0.15) is 5.75 Å². The monoisotopic (exact) mass is 389 g/mol. The molecule has 6 nitrogen and oxygen atoms in total. The summed E-state index contributed by atoms with van der Waals surface area (Å²) in [5.74, 6) is 0.107. The normalized spacial score (nSPS) is 10.4. The van der Waals surface area contributed by atoms with Crippen LogP contribution in [0.15, 0.2) is 73.1 Å². The van der Waals surface area contributed by atoms with Crippen molar-refractivity contribution in [2.24, 2.45) is 0 Å². The molecule has 0 spiro atoms. The van der Waals surface area contributed by atoms with Crippen LogP contribution >= 0.6 is 0 Å². The highest BCUT2D eigenvalue weighted by molar-refractivity contribution is 6.05. The van der Waals surface area contributed by atoms with Crippen LogP contribution in [0.2, 0.25) is 0 Å². The van der Waals surface area contributed by atoms with Crippen molar-refractivity contribution in [3.05, 3.63) is 89.7 Å². The maximum atomic E-state index is 12.5. The molecule has 6 heteroatoms. The van der Waals surface area contributed by atoms with Gasteiger partial charge in [-0.05, 0) is 49.7 Å². The van der Waals surface area contributed by atoms with Gasteiger partial charge in [0.25, 0.3) is 11.8 Å². The van der Waals surface area contributed by atoms with Crippen LogP contribution in [0.5, 0.6) is 5.75 Å². The van der Waals surface area contributed by atoms with Crippen molar-refractivity contribution >= 4 is 17.5 Å². The van der Waals surface area contributed by atoms with Crippen molar-refractivity contribution in [3.63, 3.8) is 0 Å². The number of hydrogen-bond acceptors (Lipinski definition) is 4. The maximum Gasteiger partial charge on any atom is 0.257 e. The smallest absolute Gasteiger partial charge is 0.257 e. The van der Waals surface area contributed by atoms with Crippen LogP contribution in [0.3, 0.4) is 0 Å². The molecule has 0 radical (unpaired) electrons. The average molecular weight is 389 g/mol. The minimum atomic E-state index is -0.340. The number of carbonyl (C=O) groups is 2. The van der Waals surface area contributed by atoms with Crippen molar-refractivity contribution in [3.8, 4) is 5.75 Å². The number of hydrogen-bond donors (Lipinski definition) is 2. The van der Waals surface area contributed by atoms with Gasteiger partial charge in [-0.15, -0.1) is 0 Å². The first-order valence-electron chi connectivity index (χ1n) is 9.36. The molecule has 29 heavy (non-hydrogen) atoms. The molecular formula is C23H23N3O3. The molecule has 0 saturated heterocycles. The Morgan fingerprint density at radius 2 is 1.59 bits per heavy atom. The Kier molecular flexibility index (Phi) is 6.58. The Morgan fingerprint density at radius 3 is 2.24 bits per heavy atom. The lowest BCUT2D eigenvalue weighted by atomic mass is 10.1. The first-order chi connectivity index (χ1) is 14.0. The summed E-state index contributed by atoms with van der Waals surface area (Å²) in [6.45, 7) is 4.30. The van der Waals surface area contributed by atoms with Crippen molar-refractivity contribution in [2.45, 2.75) is 26.5 Å². The van der Waals surface area contributed by atoms with E-state index in [0.29, 0.717) is 23.4 Å². The van der Waals surface area contributed by atoms with Gasteiger partial charge in [-0.3, -0.25) is 14.6 Å². The van der Waals surface area contributed by atoms with Gasteiger partial charge in [0, 0.05) is 24.6 Å². The van der Waals surface area contributed by atoms with Gasteiger partial charge in [0.15, 0.2) is 0 Å². The highest BCUT2D eigenvalue weighted by Crippen LogP contribution is 2.17. The summed E-state index contributed by atoms with van der Waals surface area (Å²) in [5.41, 5.74) is 2.26. The van der Waals surface area contributed by atoms with Gasteiger partial charge in [-0.1, -0.05) is 30.3 Å². The molecule has 2 N–H and O–H groups in total. The maximum absolute atomic E-state index is 12.5. The van der Waals surface area contributed by atoms with E-state index in [1.165, 1.54) is 18.5 Å². The zero-order chi connectivity index (χ0) is 20.6. The molecule has 0 aliphatic heterocycles. The van der Waals surface area contributed by atoms with E-state index < -0.39 is 0 Å². The average Bonchev–Trinajstić information content (AvgIpc) is 2.74. The van der Waals surface area contributed by atoms with Crippen molar-refractivity contribution in [1.29, 1.82) is 0 Å². The number of aromatic nitrogens is 1. The van der Waals surface area contributed by atoms with Gasteiger partial charge >= 0.3 is 0 Å². The molecule has 2 aromatic carbocycles. The molecule has 1 aromatic heterocycles. The number of nitrogens with zero attached hydrogens (tertiary/aromatic N) is 1. The molecule has 2 amide bonds. The van der Waals surface area contributed by atoms with E-state index in [2.05, 4.69) is 15.6 Å². The molecule has 3 rings (SSSR count). The van der Waals surface area contributed by atoms with E-state index in [-0.39, 0.29) is 17.9 Å². The molecule has 1 heterocycles. The first kappa shape index (κ1) is 20.1. The van der Waals surface area contributed by atoms with E-state index >= 15 is 0 Å². The second-order valence-corrected chi connectivity index (χ2v) is 6.78. The lowest BCUT2D eigenvalue weighted by Crippen LogP contribution is -2.23. The van der Waals surface area contributed by atoms with Crippen LogP contribution in [0.25, 0.3) is 0 Å². The molecule has 0 unspecified atom stereocenters. The number of amides is 2. The molecule has 0 atom stereocenters. The summed E-state index contributed by atoms with van der Waals surface area (Å²) >= 11 is 0. The Labute approximate surface area is 169 Å². The second kappa shape index (κ2) is 9.50. The fourth-order valence-corrected chi connectivity index (χ4v) is 2.66. The van der Waals surface area contributed by atoms with E-state index in [9.17, 15) is 9.59 Å². The number of pyridine rings is 1. The highest BCUT2D eigenvalue weighted by Gasteiger charge is 2.12. The van der Waals surface area contributed by atoms with E-state index in [1.807, 2.05) is 44.2 Å². The van der Waals surface area contributed by atoms with Gasteiger partial charge in [0.05, 0.1) is 17.2 Å². The van der Waals surface area contributed by atoms with Crippen molar-refractivity contribution < 1.29 is 14.3 Å². The zero-order valence-electron chi connectivity index (χ0n) is 16.4. The van der Waals surface area contributed by atoms with Gasteiger partial charge in [0.2, 0.25) is 0 Å². The third-order valence-corrected chi connectivity index (χ3v) is 4.04. The van der Waals surface area contributed by atoms with Gasteiger partial charge in [-0.2, -0.15) is 0 Å². The minimum Gasteiger partial charge on any atom is -0.491 e. The molecule has 0 bridgehead atoms. The molecule has 3 aromatic rings. The highest BCUT2D eigenvalue weighted by atomic mass is 16.5. The summed E-state index contributed by atoms with van der Waals surface area (Å²) in [6.07, 6.45) is 2.95. The molecule has 0 saturated carbocycles. The molecule has 148 valence electrons. The van der Waals surface area contributed by atoms with Crippen LogP contribution in [0.1, 0.15) is 40.1 Å². The number of anilines is 1. The Balaban J connectivity index is 1.62. The SMILES string of the molecule is CC(C)Oc1ccc(NC(=O)c2cncc(C(=O)NCc3ccccc3)c2)cc1. The predicted molar refractivity (Wildman–Crippen MR) is 112 cm³/mol. The summed E-state index contributed by atoms with van der Waals surface area (Å²) in [4.78, 5) is 28.9. The third-order valence-electron chi connectivity index (χ3n) is 4.04. The van der Waals surface area contributed by atoms with Crippen LogP contribution in [-0.4, -0.2) is 22.9 Å².